The van der Waals surface area contributed by atoms with Crippen molar-refractivity contribution in [1.82, 2.24) is 10.2 Å². The van der Waals surface area contributed by atoms with Crippen LogP contribution in [0.2, 0.25) is 0 Å². The maximum Gasteiger partial charge on any atom is 0.0718 e. The summed E-state index contributed by atoms with van der Waals surface area (Å²) in [6, 6.07) is 0. The van der Waals surface area contributed by atoms with E-state index in [1.165, 1.54) is 30.4 Å². The molecular formula is C23H32N2O2. The molecule has 4 nitrogen and oxygen atoms in total. The monoisotopic (exact) mass is 368 g/mol. The van der Waals surface area contributed by atoms with Gasteiger partial charge < -0.3 is 10.2 Å². The molecule has 6 atom stereocenters. The first-order valence-corrected chi connectivity index (χ1v) is 10.7. The van der Waals surface area contributed by atoms with Crippen LogP contribution in [0.15, 0.2) is 23.9 Å². The Morgan fingerprint density at radius 1 is 1.11 bits per heavy atom. The van der Waals surface area contributed by atoms with E-state index in [9.17, 15) is 10.2 Å². The third-order valence-corrected chi connectivity index (χ3v) is 8.82. The van der Waals surface area contributed by atoms with Crippen molar-refractivity contribution in [2.75, 3.05) is 0 Å². The number of nitrogens with zero attached hydrogens (tertiary/aromatic N) is 1. The fraction of sp³-hybridized carbons (Fsp3) is 0.696. The van der Waals surface area contributed by atoms with E-state index in [0.717, 1.165) is 48.8 Å². The lowest BCUT2D eigenvalue weighted by Crippen LogP contribution is -2.49. The van der Waals surface area contributed by atoms with E-state index in [0.29, 0.717) is 5.92 Å². The Kier molecular flexibility index (Phi) is 3.97. The highest BCUT2D eigenvalue weighted by Crippen LogP contribution is 2.66. The standard InChI is InChI=1S/C23H32N2O2/c1-22-9-7-16(27)11-15(22)3-4-17-18-5-6-20(21-14(13-26)12-24-25-21)23(18,2)10-8-19(17)22/h3,6,12,16-19,26-27H,4-5,7-11,13H2,1-2H3,(H,24,25)/t16-,17-,18-,19-,22-,23-/m0/s1. The fourth-order valence-corrected chi connectivity index (χ4v) is 7.26. The summed E-state index contributed by atoms with van der Waals surface area (Å²) in [5.41, 5.74) is 5.36. The number of nitrogens with one attached hydrogen (secondary N) is 1. The van der Waals surface area contributed by atoms with Gasteiger partial charge in [0, 0.05) is 5.56 Å². The molecule has 0 radical (unpaired) electrons. The zero-order chi connectivity index (χ0) is 18.8. The predicted molar refractivity (Wildman–Crippen MR) is 106 cm³/mol. The van der Waals surface area contributed by atoms with Gasteiger partial charge >= 0.3 is 0 Å². The molecular weight excluding hydrogens is 336 g/mol. The SMILES string of the molecule is C[C@]12CC[C@H](O)CC1=CC[C@@H]1[C@@H]2CC[C@]2(C)C(c3[nH]ncc3CO)=CC[C@@H]12. The second-order valence-corrected chi connectivity index (χ2v) is 9.89. The zero-order valence-electron chi connectivity index (χ0n) is 16.5. The normalized spacial score (nSPS) is 43.4. The van der Waals surface area contributed by atoms with Gasteiger partial charge in [0.2, 0.25) is 0 Å². The van der Waals surface area contributed by atoms with Crippen molar-refractivity contribution >= 4 is 5.57 Å². The van der Waals surface area contributed by atoms with Gasteiger partial charge in [-0.2, -0.15) is 5.10 Å². The first-order valence-electron chi connectivity index (χ1n) is 10.7. The van der Waals surface area contributed by atoms with Gasteiger partial charge in [0.1, 0.15) is 0 Å². The van der Waals surface area contributed by atoms with Crippen LogP contribution in [-0.2, 0) is 6.61 Å². The molecule has 2 saturated carbocycles. The molecule has 27 heavy (non-hydrogen) atoms. The molecule has 0 spiro atoms. The molecule has 0 saturated heterocycles. The van der Waals surface area contributed by atoms with Crippen LogP contribution in [0.5, 0.6) is 0 Å². The summed E-state index contributed by atoms with van der Waals surface area (Å²) in [6.45, 7) is 4.97. The minimum absolute atomic E-state index is 0.0441. The molecule has 1 aromatic rings. The van der Waals surface area contributed by atoms with Gasteiger partial charge in [0.25, 0.3) is 0 Å². The lowest BCUT2D eigenvalue weighted by molar-refractivity contribution is -0.0239. The molecule has 5 rings (SSSR count). The van der Waals surface area contributed by atoms with Crippen molar-refractivity contribution in [2.45, 2.75) is 71.5 Å². The average molecular weight is 369 g/mol. The van der Waals surface area contributed by atoms with Crippen LogP contribution in [0.25, 0.3) is 5.57 Å². The molecule has 3 N–H and O–H groups in total. The van der Waals surface area contributed by atoms with Crippen LogP contribution < -0.4 is 0 Å². The van der Waals surface area contributed by atoms with Gasteiger partial charge in [-0.25, -0.2) is 0 Å². The summed E-state index contributed by atoms with van der Waals surface area (Å²) in [5, 5.41) is 27.2. The molecule has 4 heteroatoms. The van der Waals surface area contributed by atoms with Gasteiger partial charge in [0.05, 0.1) is 24.6 Å². The molecule has 0 aromatic carbocycles. The smallest absolute Gasteiger partial charge is 0.0718 e. The highest BCUT2D eigenvalue weighted by molar-refractivity contribution is 5.72. The van der Waals surface area contributed by atoms with Gasteiger partial charge in [-0.15, -0.1) is 0 Å². The average Bonchev–Trinajstić information content (AvgIpc) is 3.25. The highest BCUT2D eigenvalue weighted by atomic mass is 16.3. The number of aliphatic hydroxyl groups is 2. The van der Waals surface area contributed by atoms with Gasteiger partial charge in [-0.05, 0) is 79.1 Å². The molecule has 0 amide bonds. The molecule has 146 valence electrons. The van der Waals surface area contributed by atoms with E-state index < -0.39 is 0 Å². The summed E-state index contributed by atoms with van der Waals surface area (Å²) in [7, 11) is 0. The molecule has 0 bridgehead atoms. The van der Waals surface area contributed by atoms with E-state index in [4.69, 9.17) is 0 Å². The van der Waals surface area contributed by atoms with E-state index >= 15 is 0 Å². The van der Waals surface area contributed by atoms with E-state index in [1.807, 2.05) is 0 Å². The van der Waals surface area contributed by atoms with Crippen molar-refractivity contribution < 1.29 is 10.2 Å². The van der Waals surface area contributed by atoms with Gasteiger partial charge in [-0.3, -0.25) is 5.10 Å². The van der Waals surface area contributed by atoms with Crippen molar-refractivity contribution in [1.29, 1.82) is 0 Å². The van der Waals surface area contributed by atoms with Crippen molar-refractivity contribution in [3.63, 3.8) is 0 Å². The van der Waals surface area contributed by atoms with Crippen LogP contribution in [-0.4, -0.2) is 26.5 Å². The molecule has 0 aliphatic heterocycles. The number of hydrogen-bond acceptors (Lipinski definition) is 3. The molecule has 2 fully saturated rings. The number of aromatic amines is 1. The Morgan fingerprint density at radius 3 is 2.74 bits per heavy atom. The quantitative estimate of drug-likeness (QED) is 0.685. The number of allylic oxidation sites excluding steroid dienone is 3. The van der Waals surface area contributed by atoms with Crippen LogP contribution in [0, 0.1) is 28.6 Å². The van der Waals surface area contributed by atoms with Crippen LogP contribution in [0.3, 0.4) is 0 Å². The van der Waals surface area contributed by atoms with Crippen LogP contribution in [0.4, 0.5) is 0 Å². The summed E-state index contributed by atoms with van der Waals surface area (Å²) in [6.07, 6.45) is 14.3. The molecule has 4 aliphatic carbocycles. The lowest BCUT2D eigenvalue weighted by atomic mass is 9.47. The van der Waals surface area contributed by atoms with Crippen molar-refractivity contribution in [2.24, 2.45) is 28.6 Å². The first-order chi connectivity index (χ1) is 13.0. The van der Waals surface area contributed by atoms with Crippen molar-refractivity contribution in [3.05, 3.63) is 35.2 Å². The lowest BCUT2D eigenvalue weighted by Gasteiger charge is -2.57. The van der Waals surface area contributed by atoms with Crippen LogP contribution in [0.1, 0.15) is 70.1 Å². The topological polar surface area (TPSA) is 69.1 Å². The van der Waals surface area contributed by atoms with Crippen molar-refractivity contribution in [3.8, 4) is 0 Å². The highest BCUT2D eigenvalue weighted by Gasteiger charge is 2.57. The first kappa shape index (κ1) is 17.7. The largest absolute Gasteiger partial charge is 0.393 e. The maximum absolute atomic E-state index is 10.2. The Bertz CT molecular complexity index is 809. The summed E-state index contributed by atoms with van der Waals surface area (Å²) >= 11 is 0. The number of fused-ring (bicyclic) bond motifs is 5. The number of rotatable bonds is 2. The minimum Gasteiger partial charge on any atom is -0.393 e. The maximum atomic E-state index is 10.2. The second kappa shape index (κ2) is 6.05. The summed E-state index contributed by atoms with van der Waals surface area (Å²) in [4.78, 5) is 0. The zero-order valence-corrected chi connectivity index (χ0v) is 16.5. The Labute approximate surface area is 161 Å². The van der Waals surface area contributed by atoms with Gasteiger partial charge in [0.15, 0.2) is 0 Å². The number of H-pyrrole nitrogens is 1. The fourth-order valence-electron chi connectivity index (χ4n) is 7.26. The third kappa shape index (κ3) is 2.39. The Hall–Kier alpha value is -1.39. The third-order valence-electron chi connectivity index (χ3n) is 8.82. The summed E-state index contributed by atoms with van der Waals surface area (Å²) < 4.78 is 0. The molecule has 4 aliphatic rings. The van der Waals surface area contributed by atoms with E-state index in [2.05, 4.69) is 36.2 Å². The van der Waals surface area contributed by atoms with E-state index in [1.54, 1.807) is 6.20 Å². The predicted octanol–water partition coefficient (Wildman–Crippen LogP) is 4.22. The second-order valence-electron chi connectivity index (χ2n) is 9.89. The minimum atomic E-state index is -0.133. The van der Waals surface area contributed by atoms with Gasteiger partial charge in [-0.1, -0.05) is 31.6 Å². The number of aliphatic hydroxyl groups excluding tert-OH is 2. The Morgan fingerprint density at radius 2 is 1.93 bits per heavy atom. The molecule has 0 unspecified atom stereocenters. The number of hydrogen-bond donors (Lipinski definition) is 3. The molecule has 1 heterocycles. The molecule has 1 aromatic heterocycles. The Balaban J connectivity index is 1.48. The van der Waals surface area contributed by atoms with E-state index in [-0.39, 0.29) is 23.5 Å². The number of aromatic nitrogens is 2. The summed E-state index contributed by atoms with van der Waals surface area (Å²) in [5.74, 6) is 2.14. The van der Waals surface area contributed by atoms with Crippen LogP contribution >= 0.6 is 0 Å².